The Morgan fingerprint density at radius 1 is 0.833 bits per heavy atom. The predicted molar refractivity (Wildman–Crippen MR) is 192 cm³/mol. The number of nitrogens with one attached hydrogen (secondary N) is 2. The number of rotatable bonds is 23. The number of anilines is 1. The van der Waals surface area contributed by atoms with Gasteiger partial charge in [0, 0.05) is 24.2 Å². The standard InChI is InChI=1S/C39H61N3O6/c1-4-7-9-11-13-15-24-42(25-16-14-12-10-8-5-2)29-35-27-36(32-22-20-31(30-43)21-23-32)48-38(47-35)33-18-17-19-34(26-33)41-39(45)40-28-37(44)46-6-3/h17-23,26,35-36,38,43H,4-16,24-25,27-30H2,1-3H3,(H2,40,41,45). The van der Waals surface area contributed by atoms with Gasteiger partial charge in [-0.05, 0) is 56.1 Å². The maximum Gasteiger partial charge on any atom is 0.325 e. The number of unbranched alkanes of at least 4 members (excludes halogenated alkanes) is 10. The Bertz CT molecular complexity index is 1160. The number of aliphatic hydroxyl groups is 1. The van der Waals surface area contributed by atoms with E-state index in [9.17, 15) is 14.7 Å². The molecule has 0 bridgehead atoms. The lowest BCUT2D eigenvalue weighted by Gasteiger charge is -2.38. The molecule has 0 spiro atoms. The first-order valence-electron chi connectivity index (χ1n) is 18.5. The third-order valence-corrected chi connectivity index (χ3v) is 8.85. The van der Waals surface area contributed by atoms with Gasteiger partial charge in [-0.2, -0.15) is 0 Å². The van der Waals surface area contributed by atoms with Crippen molar-refractivity contribution in [2.75, 3.05) is 38.1 Å². The van der Waals surface area contributed by atoms with E-state index in [-0.39, 0.29) is 32.0 Å². The molecule has 3 unspecified atom stereocenters. The van der Waals surface area contributed by atoms with Crippen molar-refractivity contribution in [3.8, 4) is 0 Å². The molecule has 3 rings (SSSR count). The Balaban J connectivity index is 1.73. The van der Waals surface area contributed by atoms with Crippen LogP contribution in [0, 0.1) is 0 Å². The summed E-state index contributed by atoms with van der Waals surface area (Å²) in [7, 11) is 0. The summed E-state index contributed by atoms with van der Waals surface area (Å²) in [6, 6.07) is 14.9. The molecule has 0 aliphatic carbocycles. The average molecular weight is 668 g/mol. The van der Waals surface area contributed by atoms with Gasteiger partial charge in [-0.25, -0.2) is 4.79 Å². The van der Waals surface area contributed by atoms with E-state index in [1.165, 1.54) is 77.0 Å². The highest BCUT2D eigenvalue weighted by atomic mass is 16.7. The van der Waals surface area contributed by atoms with E-state index in [4.69, 9.17) is 14.2 Å². The molecule has 0 radical (unpaired) electrons. The normalized spacial score (nSPS) is 17.7. The number of carbonyl (C=O) groups excluding carboxylic acids is 2. The molecular weight excluding hydrogens is 606 g/mol. The van der Waals surface area contributed by atoms with Crippen LogP contribution in [0.3, 0.4) is 0 Å². The van der Waals surface area contributed by atoms with E-state index < -0.39 is 18.3 Å². The van der Waals surface area contributed by atoms with Gasteiger partial charge in [0.2, 0.25) is 0 Å². The lowest BCUT2D eigenvalue weighted by Crippen LogP contribution is -2.40. The van der Waals surface area contributed by atoms with Crippen LogP contribution in [0.25, 0.3) is 0 Å². The average Bonchev–Trinajstić information content (AvgIpc) is 3.10. The molecule has 3 atom stereocenters. The fourth-order valence-corrected chi connectivity index (χ4v) is 6.15. The maximum absolute atomic E-state index is 12.5. The largest absolute Gasteiger partial charge is 0.465 e. The minimum absolute atomic E-state index is 0.000822. The van der Waals surface area contributed by atoms with Gasteiger partial charge in [0.15, 0.2) is 6.29 Å². The zero-order valence-electron chi connectivity index (χ0n) is 29.7. The predicted octanol–water partition coefficient (Wildman–Crippen LogP) is 8.43. The summed E-state index contributed by atoms with van der Waals surface area (Å²) in [4.78, 5) is 26.7. The Hall–Kier alpha value is -2.98. The smallest absolute Gasteiger partial charge is 0.325 e. The van der Waals surface area contributed by atoms with E-state index in [0.717, 1.165) is 42.7 Å². The van der Waals surface area contributed by atoms with Crippen molar-refractivity contribution in [1.82, 2.24) is 10.2 Å². The fraction of sp³-hybridized carbons (Fsp3) is 0.641. The quantitative estimate of drug-likeness (QED) is 0.0806. The van der Waals surface area contributed by atoms with Gasteiger partial charge in [0.1, 0.15) is 6.54 Å². The number of carbonyl (C=O) groups is 2. The van der Waals surface area contributed by atoms with Crippen LogP contribution in [0.2, 0.25) is 0 Å². The van der Waals surface area contributed by atoms with Crippen molar-refractivity contribution in [1.29, 1.82) is 0 Å². The zero-order valence-corrected chi connectivity index (χ0v) is 29.7. The molecule has 1 aliphatic heterocycles. The topological polar surface area (TPSA) is 109 Å². The van der Waals surface area contributed by atoms with Crippen molar-refractivity contribution in [3.63, 3.8) is 0 Å². The van der Waals surface area contributed by atoms with E-state index in [1.807, 2.05) is 42.5 Å². The summed E-state index contributed by atoms with van der Waals surface area (Å²) in [5.41, 5.74) is 3.29. The highest BCUT2D eigenvalue weighted by Crippen LogP contribution is 2.38. The summed E-state index contributed by atoms with van der Waals surface area (Å²) in [5.74, 6) is -0.489. The van der Waals surface area contributed by atoms with Crippen molar-refractivity contribution < 1.29 is 28.9 Å². The van der Waals surface area contributed by atoms with E-state index in [1.54, 1.807) is 13.0 Å². The van der Waals surface area contributed by atoms with Crippen LogP contribution >= 0.6 is 0 Å². The van der Waals surface area contributed by atoms with Crippen LogP contribution in [-0.2, 0) is 25.6 Å². The SMILES string of the molecule is CCCCCCCCN(CCCCCCCC)CC1CC(c2ccc(CO)cc2)OC(c2cccc(NC(=O)NCC(=O)OCC)c2)O1. The van der Waals surface area contributed by atoms with E-state index in [0.29, 0.717) is 5.69 Å². The Labute approximate surface area is 289 Å². The summed E-state index contributed by atoms with van der Waals surface area (Å²) in [6.45, 7) is 9.27. The van der Waals surface area contributed by atoms with Gasteiger partial charge in [-0.15, -0.1) is 0 Å². The molecule has 9 heteroatoms. The Kier molecular flexibility index (Phi) is 19.2. The molecule has 2 amide bonds. The van der Waals surface area contributed by atoms with Gasteiger partial charge >= 0.3 is 12.0 Å². The van der Waals surface area contributed by atoms with Crippen molar-refractivity contribution in [2.45, 2.75) is 129 Å². The van der Waals surface area contributed by atoms with Crippen LogP contribution in [0.1, 0.15) is 133 Å². The number of ether oxygens (including phenoxy) is 3. The lowest BCUT2D eigenvalue weighted by atomic mass is 9.99. The van der Waals surface area contributed by atoms with Gasteiger partial charge in [-0.1, -0.05) is 114 Å². The molecule has 1 fully saturated rings. The maximum atomic E-state index is 12.5. The van der Waals surface area contributed by atoms with E-state index >= 15 is 0 Å². The van der Waals surface area contributed by atoms with Gasteiger partial charge < -0.3 is 34.9 Å². The van der Waals surface area contributed by atoms with Crippen LogP contribution in [0.15, 0.2) is 48.5 Å². The number of hydrogen-bond acceptors (Lipinski definition) is 7. The van der Waals surface area contributed by atoms with Crippen LogP contribution in [-0.4, -0.2) is 60.9 Å². The molecule has 2 aromatic carbocycles. The molecule has 1 heterocycles. The highest BCUT2D eigenvalue weighted by Gasteiger charge is 2.33. The molecule has 2 aromatic rings. The van der Waals surface area contributed by atoms with E-state index in [2.05, 4.69) is 29.4 Å². The first kappa shape index (κ1) is 39.5. The van der Waals surface area contributed by atoms with Gasteiger partial charge in [0.05, 0.1) is 25.4 Å². The number of hydrogen-bond donors (Lipinski definition) is 3. The second kappa shape index (κ2) is 23.4. The molecule has 0 aromatic heterocycles. The van der Waals surface area contributed by atoms with Gasteiger partial charge in [-0.3, -0.25) is 4.79 Å². The summed E-state index contributed by atoms with van der Waals surface area (Å²) in [5, 5.41) is 14.9. The summed E-state index contributed by atoms with van der Waals surface area (Å²) in [6.07, 6.45) is 15.2. The van der Waals surface area contributed by atoms with Crippen molar-refractivity contribution >= 4 is 17.7 Å². The second-order valence-corrected chi connectivity index (χ2v) is 12.9. The Morgan fingerprint density at radius 3 is 2.10 bits per heavy atom. The third-order valence-electron chi connectivity index (χ3n) is 8.85. The number of benzene rings is 2. The number of esters is 1. The number of aliphatic hydroxyl groups excluding tert-OH is 1. The monoisotopic (exact) mass is 667 g/mol. The van der Waals surface area contributed by atoms with Crippen molar-refractivity contribution in [3.05, 3.63) is 65.2 Å². The molecule has 268 valence electrons. The van der Waals surface area contributed by atoms with Crippen molar-refractivity contribution in [2.24, 2.45) is 0 Å². The number of nitrogens with zero attached hydrogens (tertiary/aromatic N) is 1. The third kappa shape index (κ3) is 15.1. The lowest BCUT2D eigenvalue weighted by molar-refractivity contribution is -0.253. The van der Waals surface area contributed by atoms with Crippen LogP contribution in [0.4, 0.5) is 10.5 Å². The number of urea groups is 1. The molecule has 1 saturated heterocycles. The van der Waals surface area contributed by atoms with Gasteiger partial charge in [0.25, 0.3) is 0 Å². The molecule has 48 heavy (non-hydrogen) atoms. The minimum atomic E-state index is -0.624. The first-order chi connectivity index (χ1) is 23.4. The second-order valence-electron chi connectivity index (χ2n) is 12.9. The highest BCUT2D eigenvalue weighted by molar-refractivity contribution is 5.91. The molecular formula is C39H61N3O6. The molecule has 9 nitrogen and oxygen atoms in total. The van der Waals surface area contributed by atoms with Crippen LogP contribution < -0.4 is 10.6 Å². The Morgan fingerprint density at radius 2 is 1.48 bits per heavy atom. The molecule has 0 saturated carbocycles. The number of amides is 2. The molecule has 1 aliphatic rings. The summed E-state index contributed by atoms with van der Waals surface area (Å²) >= 11 is 0. The minimum Gasteiger partial charge on any atom is -0.465 e. The fourth-order valence-electron chi connectivity index (χ4n) is 6.15. The first-order valence-corrected chi connectivity index (χ1v) is 18.5. The summed E-state index contributed by atoms with van der Waals surface area (Å²) < 4.78 is 18.2. The molecule has 3 N–H and O–H groups in total. The zero-order chi connectivity index (χ0) is 34.4. The van der Waals surface area contributed by atoms with Crippen LogP contribution in [0.5, 0.6) is 0 Å².